The first-order chi connectivity index (χ1) is 12.6. The molecule has 0 bridgehead atoms. The summed E-state index contributed by atoms with van der Waals surface area (Å²) >= 11 is 0. The summed E-state index contributed by atoms with van der Waals surface area (Å²) in [6.45, 7) is 3.31. The van der Waals surface area contributed by atoms with Gasteiger partial charge in [-0.1, -0.05) is 12.1 Å². The van der Waals surface area contributed by atoms with Crippen LogP contribution >= 0.6 is 0 Å². The SMILES string of the molecule is COc1ccc(CC(=O)N2CCc3nc4ncccc4cc3C2)cc1C. The molecule has 0 saturated heterocycles. The molecule has 5 nitrogen and oxygen atoms in total. The van der Waals surface area contributed by atoms with Crippen molar-refractivity contribution in [2.24, 2.45) is 0 Å². The minimum Gasteiger partial charge on any atom is -0.496 e. The quantitative estimate of drug-likeness (QED) is 0.731. The number of fused-ring (bicyclic) bond motifs is 2. The third kappa shape index (κ3) is 3.12. The third-order valence-corrected chi connectivity index (χ3v) is 4.91. The molecule has 2 aromatic heterocycles. The smallest absolute Gasteiger partial charge is 0.227 e. The van der Waals surface area contributed by atoms with Gasteiger partial charge in [0.2, 0.25) is 5.91 Å². The zero-order chi connectivity index (χ0) is 18.1. The van der Waals surface area contributed by atoms with Crippen molar-refractivity contribution < 1.29 is 9.53 Å². The summed E-state index contributed by atoms with van der Waals surface area (Å²) in [6, 6.07) is 11.9. The molecule has 1 aliphatic rings. The minimum absolute atomic E-state index is 0.145. The van der Waals surface area contributed by atoms with Gasteiger partial charge < -0.3 is 9.64 Å². The Morgan fingerprint density at radius 1 is 1.27 bits per heavy atom. The molecule has 3 aromatic rings. The number of carbonyl (C=O) groups excluding carboxylic acids is 1. The maximum Gasteiger partial charge on any atom is 0.227 e. The molecule has 0 radical (unpaired) electrons. The van der Waals surface area contributed by atoms with Gasteiger partial charge in [-0.05, 0) is 47.9 Å². The standard InChI is InChI=1S/C21H21N3O2/c1-14-10-15(5-6-19(14)26-2)11-20(25)24-9-7-18-17(13-24)12-16-4-3-8-22-21(16)23-18/h3-6,8,10,12H,7,9,11,13H2,1-2H3. The highest BCUT2D eigenvalue weighted by atomic mass is 16.5. The Morgan fingerprint density at radius 2 is 2.15 bits per heavy atom. The Bertz CT molecular complexity index is 984. The van der Waals surface area contributed by atoms with E-state index in [2.05, 4.69) is 16.0 Å². The van der Waals surface area contributed by atoms with Crippen molar-refractivity contribution in [3.05, 3.63) is 65.0 Å². The number of aryl methyl sites for hydroxylation is 1. The number of nitrogens with zero attached hydrogens (tertiary/aromatic N) is 3. The van der Waals surface area contributed by atoms with Crippen molar-refractivity contribution in [1.29, 1.82) is 0 Å². The van der Waals surface area contributed by atoms with Crippen LogP contribution < -0.4 is 4.74 Å². The van der Waals surface area contributed by atoms with Gasteiger partial charge in [0.15, 0.2) is 5.65 Å². The van der Waals surface area contributed by atoms with Crippen LogP contribution in [0.15, 0.2) is 42.6 Å². The van der Waals surface area contributed by atoms with E-state index in [4.69, 9.17) is 4.74 Å². The maximum absolute atomic E-state index is 12.8. The molecule has 0 saturated carbocycles. The molecule has 0 spiro atoms. The third-order valence-electron chi connectivity index (χ3n) is 4.91. The fourth-order valence-electron chi connectivity index (χ4n) is 3.51. The number of carbonyl (C=O) groups is 1. The van der Waals surface area contributed by atoms with Crippen LogP contribution in [0.1, 0.15) is 22.4 Å². The van der Waals surface area contributed by atoms with Gasteiger partial charge in [0, 0.05) is 36.8 Å². The molecule has 1 amide bonds. The molecular weight excluding hydrogens is 326 g/mol. The number of hydrogen-bond donors (Lipinski definition) is 0. The zero-order valence-corrected chi connectivity index (χ0v) is 15.0. The molecule has 4 rings (SSSR count). The molecule has 1 aliphatic heterocycles. The average Bonchev–Trinajstić information content (AvgIpc) is 2.66. The van der Waals surface area contributed by atoms with E-state index in [0.717, 1.165) is 45.6 Å². The number of hydrogen-bond acceptors (Lipinski definition) is 4. The predicted molar refractivity (Wildman–Crippen MR) is 100 cm³/mol. The normalized spacial score (nSPS) is 13.5. The van der Waals surface area contributed by atoms with E-state index in [1.54, 1.807) is 13.3 Å². The number of pyridine rings is 2. The molecule has 0 N–H and O–H groups in total. The average molecular weight is 347 g/mol. The summed E-state index contributed by atoms with van der Waals surface area (Å²) in [5.41, 5.74) is 5.01. The monoisotopic (exact) mass is 347 g/mol. The summed E-state index contributed by atoms with van der Waals surface area (Å²) in [7, 11) is 1.66. The van der Waals surface area contributed by atoms with Crippen LogP contribution in [-0.4, -0.2) is 34.4 Å². The van der Waals surface area contributed by atoms with E-state index >= 15 is 0 Å². The van der Waals surface area contributed by atoms with Crippen molar-refractivity contribution >= 4 is 16.9 Å². The van der Waals surface area contributed by atoms with Gasteiger partial charge in [-0.3, -0.25) is 4.79 Å². The van der Waals surface area contributed by atoms with Crippen LogP contribution in [0.4, 0.5) is 0 Å². The second kappa shape index (κ2) is 6.75. The zero-order valence-electron chi connectivity index (χ0n) is 15.0. The molecule has 0 unspecified atom stereocenters. The lowest BCUT2D eigenvalue weighted by molar-refractivity contribution is -0.131. The highest BCUT2D eigenvalue weighted by molar-refractivity contribution is 5.80. The predicted octanol–water partition coefficient (Wildman–Crippen LogP) is 3.07. The number of amides is 1. The molecule has 5 heteroatoms. The topological polar surface area (TPSA) is 55.3 Å². The summed E-state index contributed by atoms with van der Waals surface area (Å²) < 4.78 is 5.29. The van der Waals surface area contributed by atoms with Crippen LogP contribution in [0.5, 0.6) is 5.75 Å². The highest BCUT2D eigenvalue weighted by Gasteiger charge is 2.22. The number of methoxy groups -OCH3 is 1. The Balaban J connectivity index is 1.52. The lowest BCUT2D eigenvalue weighted by Crippen LogP contribution is -2.37. The van der Waals surface area contributed by atoms with Gasteiger partial charge in [-0.2, -0.15) is 0 Å². The van der Waals surface area contributed by atoms with Crippen molar-refractivity contribution in [2.45, 2.75) is 26.3 Å². The molecule has 1 aromatic carbocycles. The summed E-state index contributed by atoms with van der Waals surface area (Å²) in [5.74, 6) is 0.992. The second-order valence-electron chi connectivity index (χ2n) is 6.69. The molecule has 26 heavy (non-hydrogen) atoms. The Labute approximate surface area is 152 Å². The van der Waals surface area contributed by atoms with Crippen molar-refractivity contribution in [1.82, 2.24) is 14.9 Å². The Morgan fingerprint density at radius 3 is 2.96 bits per heavy atom. The van der Waals surface area contributed by atoms with Crippen LogP contribution in [0.3, 0.4) is 0 Å². The van der Waals surface area contributed by atoms with E-state index in [1.165, 1.54) is 0 Å². The fraction of sp³-hybridized carbons (Fsp3) is 0.286. The summed E-state index contributed by atoms with van der Waals surface area (Å²) in [4.78, 5) is 23.7. The van der Waals surface area contributed by atoms with Crippen LogP contribution in [-0.2, 0) is 24.2 Å². The van der Waals surface area contributed by atoms with Gasteiger partial charge in [0.05, 0.1) is 13.5 Å². The van der Waals surface area contributed by atoms with Crippen LogP contribution in [0.25, 0.3) is 11.0 Å². The largest absolute Gasteiger partial charge is 0.496 e. The van der Waals surface area contributed by atoms with Gasteiger partial charge in [-0.15, -0.1) is 0 Å². The number of aromatic nitrogens is 2. The van der Waals surface area contributed by atoms with Crippen molar-refractivity contribution in [3.63, 3.8) is 0 Å². The molecule has 3 heterocycles. The van der Waals surface area contributed by atoms with Gasteiger partial charge in [0.1, 0.15) is 5.75 Å². The van der Waals surface area contributed by atoms with Crippen LogP contribution in [0.2, 0.25) is 0 Å². The van der Waals surface area contributed by atoms with E-state index in [1.807, 2.05) is 42.2 Å². The lowest BCUT2D eigenvalue weighted by atomic mass is 10.0. The Kier molecular flexibility index (Phi) is 4.29. The van der Waals surface area contributed by atoms with Crippen LogP contribution in [0, 0.1) is 6.92 Å². The minimum atomic E-state index is 0.145. The van der Waals surface area contributed by atoms with E-state index in [0.29, 0.717) is 19.5 Å². The van der Waals surface area contributed by atoms with Crippen molar-refractivity contribution in [2.75, 3.05) is 13.7 Å². The lowest BCUT2D eigenvalue weighted by Gasteiger charge is -2.28. The first-order valence-electron chi connectivity index (χ1n) is 8.79. The first-order valence-corrected chi connectivity index (χ1v) is 8.79. The number of ether oxygens (including phenoxy) is 1. The highest BCUT2D eigenvalue weighted by Crippen LogP contribution is 2.23. The maximum atomic E-state index is 12.8. The van der Waals surface area contributed by atoms with E-state index in [-0.39, 0.29) is 5.91 Å². The van der Waals surface area contributed by atoms with Crippen molar-refractivity contribution in [3.8, 4) is 5.75 Å². The van der Waals surface area contributed by atoms with Gasteiger partial charge in [-0.25, -0.2) is 9.97 Å². The second-order valence-corrected chi connectivity index (χ2v) is 6.69. The first kappa shape index (κ1) is 16.5. The molecule has 132 valence electrons. The number of benzene rings is 1. The summed E-state index contributed by atoms with van der Waals surface area (Å²) in [6.07, 6.45) is 2.94. The summed E-state index contributed by atoms with van der Waals surface area (Å²) in [5, 5.41) is 1.02. The van der Waals surface area contributed by atoms with Gasteiger partial charge in [0.25, 0.3) is 0 Å². The number of rotatable bonds is 3. The molecule has 0 fully saturated rings. The van der Waals surface area contributed by atoms with E-state index < -0.39 is 0 Å². The molecule has 0 aliphatic carbocycles. The fourth-order valence-corrected chi connectivity index (χ4v) is 3.51. The van der Waals surface area contributed by atoms with E-state index in [9.17, 15) is 4.79 Å². The Hall–Kier alpha value is -2.95. The van der Waals surface area contributed by atoms with Gasteiger partial charge >= 0.3 is 0 Å². The molecular formula is C21H21N3O2. The molecule has 0 atom stereocenters.